The lowest BCUT2D eigenvalue weighted by molar-refractivity contribution is -0.129. The van der Waals surface area contributed by atoms with Crippen LogP contribution in [0.5, 0.6) is 0 Å². The van der Waals surface area contributed by atoms with Gasteiger partial charge in [-0.3, -0.25) is 4.79 Å². The summed E-state index contributed by atoms with van der Waals surface area (Å²) in [5, 5.41) is 20.1. The van der Waals surface area contributed by atoms with E-state index in [1.165, 1.54) is 11.3 Å². The highest BCUT2D eigenvalue weighted by molar-refractivity contribution is 7.16. The second kappa shape index (κ2) is 8.84. The fraction of sp³-hybridized carbons (Fsp3) is 0.381. The minimum atomic E-state index is -1.37. The number of hydrogen-bond donors (Lipinski definition) is 3. The van der Waals surface area contributed by atoms with Crippen LogP contribution in [0.1, 0.15) is 17.5 Å². The number of pyridine rings is 1. The third-order valence-corrected chi connectivity index (χ3v) is 6.60. The number of anilines is 3. The standard InChI is InChI=1S/C21H25N9OS/c1-14-19(32-20(23-3)26-14)17-6-7-25-21(13-22,27-17)28-18-5-4-16(12-24-18)30-10-8-29(9-11-30)15(2)31/h4-7,12,27H,8-11H2,1-3H3,(H,23,26)(H,24,28). The number of amides is 1. The highest BCUT2D eigenvalue weighted by Gasteiger charge is 2.33. The summed E-state index contributed by atoms with van der Waals surface area (Å²) in [6.45, 7) is 6.46. The number of carbonyl (C=O) groups is 1. The van der Waals surface area contributed by atoms with E-state index in [9.17, 15) is 10.1 Å². The second-order valence-corrected chi connectivity index (χ2v) is 8.51. The van der Waals surface area contributed by atoms with Crippen molar-refractivity contribution in [2.45, 2.75) is 19.6 Å². The monoisotopic (exact) mass is 451 g/mol. The highest BCUT2D eigenvalue weighted by Crippen LogP contribution is 2.30. The first kappa shape index (κ1) is 21.6. The number of rotatable bonds is 5. The molecule has 1 atom stereocenters. The smallest absolute Gasteiger partial charge is 0.298 e. The van der Waals surface area contributed by atoms with Gasteiger partial charge in [0.1, 0.15) is 11.9 Å². The van der Waals surface area contributed by atoms with Gasteiger partial charge in [-0.25, -0.2) is 15.0 Å². The molecule has 4 rings (SSSR count). The molecule has 2 aromatic heterocycles. The molecule has 2 aromatic rings. The first-order valence-electron chi connectivity index (χ1n) is 10.3. The fourth-order valence-electron chi connectivity index (χ4n) is 3.64. The maximum absolute atomic E-state index is 11.5. The molecule has 0 radical (unpaired) electrons. The lowest BCUT2D eigenvalue weighted by atomic mass is 10.2. The van der Waals surface area contributed by atoms with Gasteiger partial charge >= 0.3 is 0 Å². The van der Waals surface area contributed by atoms with E-state index in [4.69, 9.17) is 0 Å². The van der Waals surface area contributed by atoms with Crippen LogP contribution >= 0.6 is 11.3 Å². The van der Waals surface area contributed by atoms with Crippen LogP contribution in [0.3, 0.4) is 0 Å². The van der Waals surface area contributed by atoms with E-state index in [0.717, 1.165) is 40.2 Å². The van der Waals surface area contributed by atoms with Gasteiger partial charge in [-0.2, -0.15) is 5.26 Å². The summed E-state index contributed by atoms with van der Waals surface area (Å²) in [5.74, 6) is -0.739. The summed E-state index contributed by atoms with van der Waals surface area (Å²) in [4.78, 5) is 29.8. The van der Waals surface area contributed by atoms with Gasteiger partial charge in [0.05, 0.1) is 28.2 Å². The fourth-order valence-corrected chi connectivity index (χ4v) is 4.54. The number of nitrogens with zero attached hydrogens (tertiary/aromatic N) is 6. The predicted molar refractivity (Wildman–Crippen MR) is 127 cm³/mol. The van der Waals surface area contributed by atoms with Crippen molar-refractivity contribution < 1.29 is 4.79 Å². The van der Waals surface area contributed by atoms with Crippen LogP contribution in [-0.4, -0.2) is 66.0 Å². The molecule has 0 bridgehead atoms. The molecule has 0 saturated carbocycles. The number of aromatic nitrogens is 2. The van der Waals surface area contributed by atoms with Gasteiger partial charge in [0.2, 0.25) is 5.91 Å². The molecule has 166 valence electrons. The summed E-state index contributed by atoms with van der Waals surface area (Å²) in [6, 6.07) is 6.01. The molecule has 1 unspecified atom stereocenters. The van der Waals surface area contributed by atoms with Crippen molar-refractivity contribution in [1.29, 1.82) is 5.26 Å². The molecular formula is C21H25N9OS. The van der Waals surface area contributed by atoms with Gasteiger partial charge in [0.25, 0.3) is 5.79 Å². The van der Waals surface area contributed by atoms with Crippen LogP contribution in [-0.2, 0) is 4.79 Å². The van der Waals surface area contributed by atoms with Gasteiger partial charge in [-0.05, 0) is 25.1 Å². The second-order valence-electron chi connectivity index (χ2n) is 7.51. The Morgan fingerprint density at radius 3 is 2.69 bits per heavy atom. The molecule has 10 nitrogen and oxygen atoms in total. The van der Waals surface area contributed by atoms with Crippen LogP contribution in [0.2, 0.25) is 0 Å². The van der Waals surface area contributed by atoms with Crippen molar-refractivity contribution in [2.24, 2.45) is 4.99 Å². The van der Waals surface area contributed by atoms with Crippen molar-refractivity contribution in [3.8, 4) is 6.07 Å². The van der Waals surface area contributed by atoms with Crippen molar-refractivity contribution in [3.63, 3.8) is 0 Å². The Morgan fingerprint density at radius 1 is 1.31 bits per heavy atom. The molecule has 4 heterocycles. The van der Waals surface area contributed by atoms with Crippen LogP contribution in [0, 0.1) is 18.3 Å². The number of carbonyl (C=O) groups excluding carboxylic acids is 1. The van der Waals surface area contributed by atoms with Crippen LogP contribution in [0.4, 0.5) is 16.6 Å². The Bertz CT molecular complexity index is 1090. The number of nitrogens with one attached hydrogen (secondary N) is 3. The van der Waals surface area contributed by atoms with E-state index in [1.54, 1.807) is 19.3 Å². The van der Waals surface area contributed by atoms with E-state index in [1.807, 2.05) is 37.1 Å². The zero-order valence-electron chi connectivity index (χ0n) is 18.2. The number of aliphatic imine (C=N–C) groups is 1. The molecule has 11 heteroatoms. The summed E-state index contributed by atoms with van der Waals surface area (Å²) in [5.41, 5.74) is 2.61. The van der Waals surface area contributed by atoms with E-state index >= 15 is 0 Å². The molecule has 2 aliphatic heterocycles. The largest absolute Gasteiger partial charge is 0.367 e. The Morgan fingerprint density at radius 2 is 2.09 bits per heavy atom. The van der Waals surface area contributed by atoms with Crippen molar-refractivity contribution in [3.05, 3.63) is 35.0 Å². The molecule has 0 spiro atoms. The molecular weight excluding hydrogens is 426 g/mol. The van der Waals surface area contributed by atoms with Crippen LogP contribution < -0.4 is 20.9 Å². The number of hydrogen-bond acceptors (Lipinski definition) is 10. The molecule has 0 aromatic carbocycles. The molecule has 0 aliphatic carbocycles. The Kier molecular flexibility index (Phi) is 5.96. The first-order valence-corrected chi connectivity index (χ1v) is 11.1. The summed E-state index contributed by atoms with van der Waals surface area (Å²) in [6.07, 6.45) is 5.21. The summed E-state index contributed by atoms with van der Waals surface area (Å²) < 4.78 is 0. The van der Waals surface area contributed by atoms with Gasteiger partial charge in [-0.15, -0.1) is 0 Å². The molecule has 1 fully saturated rings. The Balaban J connectivity index is 1.45. The minimum absolute atomic E-state index is 0.105. The van der Waals surface area contributed by atoms with Gasteiger partial charge in [0.15, 0.2) is 5.13 Å². The van der Waals surface area contributed by atoms with Crippen molar-refractivity contribution >= 4 is 45.8 Å². The quantitative estimate of drug-likeness (QED) is 0.630. The van der Waals surface area contributed by atoms with Gasteiger partial charge in [-0.1, -0.05) is 11.3 Å². The summed E-state index contributed by atoms with van der Waals surface area (Å²) in [7, 11) is 1.83. The summed E-state index contributed by atoms with van der Waals surface area (Å²) >= 11 is 1.51. The van der Waals surface area contributed by atoms with E-state index < -0.39 is 5.79 Å². The molecule has 3 N–H and O–H groups in total. The zero-order valence-corrected chi connectivity index (χ0v) is 19.0. The molecule has 2 aliphatic rings. The zero-order chi connectivity index (χ0) is 22.7. The average Bonchev–Trinajstić information content (AvgIpc) is 3.20. The Labute approximate surface area is 190 Å². The van der Waals surface area contributed by atoms with Crippen LogP contribution in [0.15, 0.2) is 29.4 Å². The lowest BCUT2D eigenvalue weighted by Gasteiger charge is -2.35. The minimum Gasteiger partial charge on any atom is -0.367 e. The van der Waals surface area contributed by atoms with Gasteiger partial charge in [0, 0.05) is 46.4 Å². The van der Waals surface area contributed by atoms with Crippen molar-refractivity contribution in [1.82, 2.24) is 20.2 Å². The maximum Gasteiger partial charge on any atom is 0.298 e. The number of piperazine rings is 1. The molecule has 32 heavy (non-hydrogen) atoms. The average molecular weight is 452 g/mol. The normalized spacial score (nSPS) is 20.2. The number of aryl methyl sites for hydroxylation is 1. The Hall–Kier alpha value is -3.65. The SMILES string of the molecule is CNc1nc(C)c(C2=CC=NC(C#N)(Nc3ccc(N4CCN(C(C)=O)CC4)cn3)N2)s1. The third-order valence-electron chi connectivity index (χ3n) is 5.39. The van der Waals surface area contributed by atoms with E-state index in [-0.39, 0.29) is 5.91 Å². The third kappa shape index (κ3) is 4.36. The molecule has 1 saturated heterocycles. The van der Waals surface area contributed by atoms with Crippen LogP contribution in [0.25, 0.3) is 5.70 Å². The molecule has 1 amide bonds. The van der Waals surface area contributed by atoms with E-state index in [0.29, 0.717) is 18.9 Å². The topological polar surface area (TPSA) is 122 Å². The highest BCUT2D eigenvalue weighted by atomic mass is 32.1. The van der Waals surface area contributed by atoms with Gasteiger partial charge < -0.3 is 25.8 Å². The first-order chi connectivity index (χ1) is 15.4. The lowest BCUT2D eigenvalue weighted by Crippen LogP contribution is -2.50. The number of thiazole rings is 1. The predicted octanol–water partition coefficient (Wildman–Crippen LogP) is 1.86. The number of nitriles is 1. The van der Waals surface area contributed by atoms with Crippen molar-refractivity contribution in [2.75, 3.05) is 48.8 Å². The maximum atomic E-state index is 11.5. The number of allylic oxidation sites excluding steroid dienone is 1. The van der Waals surface area contributed by atoms with E-state index in [2.05, 4.69) is 41.9 Å².